The Morgan fingerprint density at radius 1 is 1.40 bits per heavy atom. The summed E-state index contributed by atoms with van der Waals surface area (Å²) in [6.07, 6.45) is 0. The van der Waals surface area contributed by atoms with Crippen molar-refractivity contribution in [2.75, 3.05) is 13.6 Å². The maximum Gasteiger partial charge on any atom is -0.0844 e. The van der Waals surface area contributed by atoms with Crippen LogP contribution in [0.3, 0.4) is 0 Å². The van der Waals surface area contributed by atoms with Crippen molar-refractivity contribution in [2.45, 2.75) is 33.2 Å². The summed E-state index contributed by atoms with van der Waals surface area (Å²) in [5.74, 6) is 0. The van der Waals surface area contributed by atoms with E-state index < -0.39 is 0 Å². The van der Waals surface area contributed by atoms with Crippen LogP contribution in [0.25, 0.3) is 5.32 Å². The van der Waals surface area contributed by atoms with Crippen LogP contribution in [0.4, 0.5) is 0 Å². The molecule has 0 radical (unpaired) electrons. The van der Waals surface area contributed by atoms with E-state index in [1.165, 1.54) is 20.9 Å². The number of hydrogen-bond donors (Lipinski definition) is 0. The van der Waals surface area contributed by atoms with Crippen LogP contribution in [-0.2, 0) is 20.9 Å². The molecule has 0 aliphatic carbocycles. The van der Waals surface area contributed by atoms with E-state index in [0.717, 1.165) is 6.54 Å². The predicted octanol–water partition coefficient (Wildman–Crippen LogP) is 2.53. The molecule has 0 aromatic heterocycles. The summed E-state index contributed by atoms with van der Waals surface area (Å²) in [4.78, 5) is 0. The van der Waals surface area contributed by atoms with Crippen molar-refractivity contribution < 1.29 is 20.9 Å². The third kappa shape index (κ3) is 23.6. The van der Waals surface area contributed by atoms with Crippen LogP contribution in [-0.4, -0.2) is 19.1 Å². The Balaban J connectivity index is 0. The second-order valence-electron chi connectivity index (χ2n) is 2.90. The molecule has 0 N–H and O–H groups in total. The van der Waals surface area contributed by atoms with E-state index in [4.69, 9.17) is 0 Å². The minimum atomic E-state index is 0.189. The SMILES string of the molecule is CC(C)(C)[N]=[Nb].CC[N-]C. The molecule has 2 nitrogen and oxygen atoms in total. The number of nitrogens with zero attached hydrogens (tertiary/aromatic N) is 2. The van der Waals surface area contributed by atoms with Crippen molar-refractivity contribution in [1.29, 1.82) is 0 Å². The van der Waals surface area contributed by atoms with Gasteiger partial charge < -0.3 is 5.32 Å². The molecule has 0 fully saturated rings. The zero-order chi connectivity index (χ0) is 8.62. The molecule has 0 rings (SSSR count). The van der Waals surface area contributed by atoms with Crippen LogP contribution in [0.5, 0.6) is 0 Å². The van der Waals surface area contributed by atoms with Gasteiger partial charge in [-0.15, -0.1) is 0 Å². The van der Waals surface area contributed by atoms with Gasteiger partial charge >= 0.3 is 50.5 Å². The minimum absolute atomic E-state index is 0.189. The van der Waals surface area contributed by atoms with Crippen LogP contribution >= 0.6 is 0 Å². The van der Waals surface area contributed by atoms with E-state index in [9.17, 15) is 0 Å². The maximum absolute atomic E-state index is 4.07. The molecule has 0 aliphatic rings. The molecule has 0 saturated heterocycles. The molecule has 61 valence electrons. The van der Waals surface area contributed by atoms with Crippen LogP contribution in [0.15, 0.2) is 3.34 Å². The van der Waals surface area contributed by atoms with E-state index in [1.807, 2.05) is 6.92 Å². The molecule has 0 atom stereocenters. The topological polar surface area (TPSA) is 26.5 Å². The molecule has 0 heterocycles. The summed E-state index contributed by atoms with van der Waals surface area (Å²) in [6.45, 7) is 9.23. The van der Waals surface area contributed by atoms with Crippen molar-refractivity contribution in [1.82, 2.24) is 0 Å². The summed E-state index contributed by atoms with van der Waals surface area (Å²) in [5.41, 5.74) is 0.189. The fourth-order valence-corrected chi connectivity index (χ4v) is 0. The molecule has 0 unspecified atom stereocenters. The van der Waals surface area contributed by atoms with Gasteiger partial charge in [-0.2, -0.15) is 13.6 Å². The summed E-state index contributed by atoms with van der Waals surface area (Å²) in [5, 5.41) is 3.74. The van der Waals surface area contributed by atoms with Crippen molar-refractivity contribution in [2.24, 2.45) is 3.34 Å². The van der Waals surface area contributed by atoms with Gasteiger partial charge in [0, 0.05) is 0 Å². The largest absolute Gasteiger partial charge is 0.665 e. The van der Waals surface area contributed by atoms with Crippen molar-refractivity contribution >= 4 is 0 Å². The average molecular weight is 222 g/mol. The Morgan fingerprint density at radius 3 is 1.60 bits per heavy atom. The molecular formula is C7H17N2Nb-. The molecule has 0 bridgehead atoms. The Labute approximate surface area is 76.6 Å². The van der Waals surface area contributed by atoms with Crippen molar-refractivity contribution in [3.8, 4) is 0 Å². The molecule has 3 heteroatoms. The van der Waals surface area contributed by atoms with Gasteiger partial charge in [0.15, 0.2) is 0 Å². The average Bonchev–Trinajstić information content (AvgIpc) is 1.87. The van der Waals surface area contributed by atoms with Crippen LogP contribution in [0, 0.1) is 0 Å². The molecule has 0 amide bonds. The molecular weight excluding hydrogens is 205 g/mol. The number of hydrogen-bond acceptors (Lipinski definition) is 1. The van der Waals surface area contributed by atoms with E-state index in [-0.39, 0.29) is 5.54 Å². The van der Waals surface area contributed by atoms with E-state index in [2.05, 4.69) is 29.4 Å². The summed E-state index contributed by atoms with van der Waals surface area (Å²) < 4.78 is 4.07. The monoisotopic (exact) mass is 222 g/mol. The molecule has 0 aromatic carbocycles. The standard InChI is InChI=1S/C4H9N.C3H8N.Nb/c1-4(2,3)5;1-3-4-2;/h1-3H3;3H2,1-2H3;/q;-1;. The van der Waals surface area contributed by atoms with Crippen molar-refractivity contribution in [3.05, 3.63) is 5.32 Å². The Kier molecular flexibility index (Phi) is 9.98. The predicted molar refractivity (Wildman–Crippen MR) is 42.0 cm³/mol. The third-order valence-electron chi connectivity index (χ3n) is 0.616. The van der Waals surface area contributed by atoms with Gasteiger partial charge in [0.25, 0.3) is 0 Å². The van der Waals surface area contributed by atoms with Gasteiger partial charge in [-0.3, -0.25) is 0 Å². The third-order valence-corrected chi connectivity index (χ3v) is 2.09. The molecule has 0 aliphatic heterocycles. The van der Waals surface area contributed by atoms with Crippen LogP contribution in [0.1, 0.15) is 27.7 Å². The normalized spacial score (nSPS) is 9.60. The maximum atomic E-state index is 4.07. The Morgan fingerprint density at radius 2 is 1.60 bits per heavy atom. The first-order chi connectivity index (χ1) is 4.47. The second-order valence-corrected chi connectivity index (χ2v) is 3.39. The molecule has 0 aromatic rings. The van der Waals surface area contributed by atoms with Gasteiger partial charge in [-0.1, -0.05) is 6.92 Å². The van der Waals surface area contributed by atoms with Gasteiger partial charge in [0.05, 0.1) is 0 Å². The van der Waals surface area contributed by atoms with Gasteiger partial charge in [-0.25, -0.2) is 0 Å². The Hall–Kier alpha value is 0.500. The Bertz CT molecular complexity index is 74.2. The zero-order valence-corrected chi connectivity index (χ0v) is 9.75. The van der Waals surface area contributed by atoms with Gasteiger partial charge in [0.2, 0.25) is 0 Å². The fourth-order valence-electron chi connectivity index (χ4n) is 0. The van der Waals surface area contributed by atoms with E-state index in [1.54, 1.807) is 7.05 Å². The minimum Gasteiger partial charge on any atom is -0.665 e. The first-order valence-electron chi connectivity index (χ1n) is 3.39. The van der Waals surface area contributed by atoms with E-state index in [0.29, 0.717) is 0 Å². The summed E-state index contributed by atoms with van der Waals surface area (Å²) in [6, 6.07) is 0. The first-order valence-corrected chi connectivity index (χ1v) is 4.38. The van der Waals surface area contributed by atoms with Crippen LogP contribution < -0.4 is 0 Å². The fraction of sp³-hybridized carbons (Fsp3) is 1.00. The molecule has 0 spiro atoms. The second kappa shape index (κ2) is 7.61. The summed E-state index contributed by atoms with van der Waals surface area (Å²) >= 11 is 1.52. The van der Waals surface area contributed by atoms with Gasteiger partial charge in [0.1, 0.15) is 0 Å². The molecule has 0 saturated carbocycles. The van der Waals surface area contributed by atoms with Crippen LogP contribution in [0.2, 0.25) is 0 Å². The quantitative estimate of drug-likeness (QED) is 0.609. The van der Waals surface area contributed by atoms with E-state index >= 15 is 0 Å². The van der Waals surface area contributed by atoms with Gasteiger partial charge in [-0.05, 0) is 0 Å². The first kappa shape index (κ1) is 13.1. The number of rotatable bonds is 1. The smallest absolute Gasteiger partial charge is 0.0844 e. The summed E-state index contributed by atoms with van der Waals surface area (Å²) in [7, 11) is 1.81. The van der Waals surface area contributed by atoms with Crippen molar-refractivity contribution in [3.63, 3.8) is 0 Å². The molecule has 10 heavy (non-hydrogen) atoms. The zero-order valence-electron chi connectivity index (χ0n) is 7.55.